The number of anilines is 1. The van der Waals surface area contributed by atoms with Gasteiger partial charge >= 0.3 is 5.97 Å². The SMILES string of the molecule is CCOC(=O)c1ccc(C(Cl)C(C)=O)cc1N. The number of esters is 1. The van der Waals surface area contributed by atoms with E-state index in [0.29, 0.717) is 5.56 Å². The highest BCUT2D eigenvalue weighted by Gasteiger charge is 2.16. The third-order valence-corrected chi connectivity index (χ3v) is 2.78. The molecule has 0 amide bonds. The van der Waals surface area contributed by atoms with Crippen molar-refractivity contribution in [3.05, 3.63) is 29.3 Å². The molecule has 1 atom stereocenters. The van der Waals surface area contributed by atoms with Gasteiger partial charge < -0.3 is 10.5 Å². The Morgan fingerprint density at radius 1 is 1.47 bits per heavy atom. The fourth-order valence-corrected chi connectivity index (χ4v) is 1.50. The van der Waals surface area contributed by atoms with E-state index in [4.69, 9.17) is 22.1 Å². The Morgan fingerprint density at radius 3 is 2.59 bits per heavy atom. The predicted octanol–water partition coefficient (Wildman–Crippen LogP) is 2.31. The number of nitrogens with two attached hydrogens (primary N) is 1. The van der Waals surface area contributed by atoms with Gasteiger partial charge in [0.15, 0.2) is 5.78 Å². The van der Waals surface area contributed by atoms with Crippen LogP contribution in [0.5, 0.6) is 0 Å². The van der Waals surface area contributed by atoms with E-state index in [2.05, 4.69) is 0 Å². The van der Waals surface area contributed by atoms with Gasteiger partial charge in [-0.1, -0.05) is 6.07 Å². The van der Waals surface area contributed by atoms with Gasteiger partial charge in [0, 0.05) is 5.69 Å². The van der Waals surface area contributed by atoms with E-state index in [1.807, 2.05) is 0 Å². The Bertz CT molecular complexity index is 445. The lowest BCUT2D eigenvalue weighted by molar-refractivity contribution is -0.116. The monoisotopic (exact) mass is 255 g/mol. The molecular weight excluding hydrogens is 242 g/mol. The molecule has 1 aromatic rings. The summed E-state index contributed by atoms with van der Waals surface area (Å²) in [6, 6.07) is 4.63. The number of alkyl halides is 1. The number of nitrogen functional groups attached to an aromatic ring is 1. The van der Waals surface area contributed by atoms with E-state index in [1.54, 1.807) is 13.0 Å². The van der Waals surface area contributed by atoms with Crippen molar-refractivity contribution in [3.63, 3.8) is 0 Å². The summed E-state index contributed by atoms with van der Waals surface area (Å²) >= 11 is 5.88. The van der Waals surface area contributed by atoms with Crippen LogP contribution in [0.15, 0.2) is 18.2 Å². The van der Waals surface area contributed by atoms with Crippen LogP contribution in [0.1, 0.15) is 35.1 Å². The van der Waals surface area contributed by atoms with Crippen molar-refractivity contribution in [2.24, 2.45) is 0 Å². The maximum absolute atomic E-state index is 11.5. The third-order valence-electron chi connectivity index (χ3n) is 2.22. The molecule has 0 fully saturated rings. The first-order valence-electron chi connectivity index (χ1n) is 5.18. The number of ketones is 1. The topological polar surface area (TPSA) is 69.4 Å². The molecule has 1 aromatic carbocycles. The maximum Gasteiger partial charge on any atom is 0.340 e. The Morgan fingerprint density at radius 2 is 2.12 bits per heavy atom. The molecule has 0 aliphatic heterocycles. The molecule has 0 aliphatic carbocycles. The van der Waals surface area contributed by atoms with E-state index < -0.39 is 11.3 Å². The number of carbonyl (C=O) groups is 2. The molecule has 0 spiro atoms. The van der Waals surface area contributed by atoms with E-state index in [1.165, 1.54) is 19.1 Å². The molecule has 0 saturated heterocycles. The first-order chi connectivity index (χ1) is 7.97. The molecule has 0 aliphatic rings. The molecule has 0 heterocycles. The number of hydrogen-bond donors (Lipinski definition) is 1. The standard InChI is InChI=1S/C12H14ClNO3/c1-3-17-12(16)9-5-4-8(6-10(9)14)11(13)7(2)15/h4-6,11H,3,14H2,1-2H3. The van der Waals surface area contributed by atoms with E-state index in [9.17, 15) is 9.59 Å². The van der Waals surface area contributed by atoms with Crippen LogP contribution in [-0.4, -0.2) is 18.4 Å². The zero-order chi connectivity index (χ0) is 13.0. The van der Waals surface area contributed by atoms with Crippen molar-refractivity contribution in [1.29, 1.82) is 0 Å². The number of carbonyl (C=O) groups excluding carboxylic acids is 2. The number of benzene rings is 1. The summed E-state index contributed by atoms with van der Waals surface area (Å²) in [4.78, 5) is 22.6. The summed E-state index contributed by atoms with van der Waals surface area (Å²) in [5.74, 6) is -0.652. The molecule has 92 valence electrons. The highest BCUT2D eigenvalue weighted by molar-refractivity contribution is 6.30. The summed E-state index contributed by atoms with van der Waals surface area (Å²) in [6.45, 7) is 3.39. The molecule has 0 radical (unpaired) electrons. The van der Waals surface area contributed by atoms with Gasteiger partial charge in [-0.25, -0.2) is 4.79 Å². The van der Waals surface area contributed by atoms with Crippen molar-refractivity contribution in [1.82, 2.24) is 0 Å². The van der Waals surface area contributed by atoms with Gasteiger partial charge in [0.1, 0.15) is 5.38 Å². The zero-order valence-electron chi connectivity index (χ0n) is 9.70. The molecule has 1 unspecified atom stereocenters. The lowest BCUT2D eigenvalue weighted by atomic mass is 10.0. The second-order valence-electron chi connectivity index (χ2n) is 3.54. The summed E-state index contributed by atoms with van der Waals surface area (Å²) in [5.41, 5.74) is 6.83. The van der Waals surface area contributed by atoms with Gasteiger partial charge in [0.2, 0.25) is 0 Å². The number of Topliss-reactive ketones (excluding diaryl/α,β-unsaturated/α-hetero) is 1. The van der Waals surface area contributed by atoms with Crippen LogP contribution in [0.3, 0.4) is 0 Å². The van der Waals surface area contributed by atoms with Crippen molar-refractivity contribution in [3.8, 4) is 0 Å². The van der Waals surface area contributed by atoms with Crippen molar-refractivity contribution in [2.75, 3.05) is 12.3 Å². The number of halogens is 1. The minimum absolute atomic E-state index is 0.171. The van der Waals surface area contributed by atoms with Gasteiger partial charge in [-0.3, -0.25) is 4.79 Å². The molecule has 1 rings (SSSR count). The number of hydrogen-bond acceptors (Lipinski definition) is 4. The van der Waals surface area contributed by atoms with E-state index in [-0.39, 0.29) is 23.6 Å². The van der Waals surface area contributed by atoms with Crippen molar-refractivity contribution < 1.29 is 14.3 Å². The molecule has 0 aromatic heterocycles. The van der Waals surface area contributed by atoms with Gasteiger partial charge in [-0.05, 0) is 31.5 Å². The van der Waals surface area contributed by atoms with Crippen LogP contribution < -0.4 is 5.73 Å². The lowest BCUT2D eigenvalue weighted by Crippen LogP contribution is -2.09. The van der Waals surface area contributed by atoms with Gasteiger partial charge in [-0.2, -0.15) is 0 Å². The fraction of sp³-hybridized carbons (Fsp3) is 0.333. The van der Waals surface area contributed by atoms with E-state index in [0.717, 1.165) is 0 Å². The second-order valence-corrected chi connectivity index (χ2v) is 3.98. The minimum atomic E-state index is -0.742. The van der Waals surface area contributed by atoms with Crippen LogP contribution in [0.4, 0.5) is 5.69 Å². The van der Waals surface area contributed by atoms with Crippen molar-refractivity contribution >= 4 is 29.0 Å². The quantitative estimate of drug-likeness (QED) is 0.509. The van der Waals surface area contributed by atoms with E-state index >= 15 is 0 Å². The predicted molar refractivity (Wildman–Crippen MR) is 66.1 cm³/mol. The van der Waals surface area contributed by atoms with Crippen LogP contribution in [0, 0.1) is 0 Å². The molecule has 5 heteroatoms. The maximum atomic E-state index is 11.5. The zero-order valence-corrected chi connectivity index (χ0v) is 10.5. The summed E-state index contributed by atoms with van der Waals surface area (Å²) in [6.07, 6.45) is 0. The average Bonchev–Trinajstić information content (AvgIpc) is 2.27. The van der Waals surface area contributed by atoms with Gasteiger partial charge in [0.25, 0.3) is 0 Å². The molecule has 0 saturated carbocycles. The molecule has 2 N–H and O–H groups in total. The molecule has 4 nitrogen and oxygen atoms in total. The highest BCUT2D eigenvalue weighted by Crippen LogP contribution is 2.25. The van der Waals surface area contributed by atoms with Crippen LogP contribution in [0.25, 0.3) is 0 Å². The largest absolute Gasteiger partial charge is 0.462 e. The van der Waals surface area contributed by atoms with Crippen LogP contribution in [-0.2, 0) is 9.53 Å². The summed E-state index contributed by atoms with van der Waals surface area (Å²) in [5, 5.41) is -0.742. The molecular formula is C12H14ClNO3. The molecule has 17 heavy (non-hydrogen) atoms. The van der Waals surface area contributed by atoms with Gasteiger partial charge in [-0.15, -0.1) is 11.6 Å². The second kappa shape index (κ2) is 5.68. The average molecular weight is 256 g/mol. The Hall–Kier alpha value is -1.55. The number of rotatable bonds is 4. The summed E-state index contributed by atoms with van der Waals surface area (Å²) < 4.78 is 4.84. The first-order valence-corrected chi connectivity index (χ1v) is 5.62. The normalized spacial score (nSPS) is 11.9. The Balaban J connectivity index is 3.01. The number of ether oxygens (including phenoxy) is 1. The Kier molecular flexibility index (Phi) is 4.52. The lowest BCUT2D eigenvalue weighted by Gasteiger charge is -2.10. The van der Waals surface area contributed by atoms with Crippen LogP contribution >= 0.6 is 11.6 Å². The molecule has 0 bridgehead atoms. The highest BCUT2D eigenvalue weighted by atomic mass is 35.5. The summed E-state index contributed by atoms with van der Waals surface area (Å²) in [7, 11) is 0. The fourth-order valence-electron chi connectivity index (χ4n) is 1.37. The third kappa shape index (κ3) is 3.20. The van der Waals surface area contributed by atoms with Crippen LogP contribution in [0.2, 0.25) is 0 Å². The van der Waals surface area contributed by atoms with Crippen molar-refractivity contribution in [2.45, 2.75) is 19.2 Å². The smallest absolute Gasteiger partial charge is 0.340 e. The van der Waals surface area contributed by atoms with Gasteiger partial charge in [0.05, 0.1) is 12.2 Å². The first kappa shape index (κ1) is 13.5. The Labute approximate surface area is 105 Å². The minimum Gasteiger partial charge on any atom is -0.462 e.